The van der Waals surface area contributed by atoms with Crippen molar-refractivity contribution in [3.05, 3.63) is 64.2 Å². The summed E-state index contributed by atoms with van der Waals surface area (Å²) in [6.45, 7) is 5.45. The quantitative estimate of drug-likeness (QED) is 0.659. The Bertz CT molecular complexity index is 980. The van der Waals surface area contributed by atoms with E-state index in [0.717, 1.165) is 57.1 Å². The number of likely N-dealkylation sites (tertiary alicyclic amines) is 1. The molecule has 0 radical (unpaired) electrons. The largest absolute Gasteiger partial charge is 0.336 e. The highest BCUT2D eigenvalue weighted by molar-refractivity contribution is 7.99. The van der Waals surface area contributed by atoms with Crippen LogP contribution in [0.4, 0.5) is 4.79 Å². The van der Waals surface area contributed by atoms with Crippen LogP contribution in [-0.4, -0.2) is 55.1 Å². The fourth-order valence-corrected chi connectivity index (χ4v) is 5.72. The van der Waals surface area contributed by atoms with Crippen molar-refractivity contribution < 1.29 is 4.79 Å². The number of hydrogen-bond donors (Lipinski definition) is 1. The van der Waals surface area contributed by atoms with Crippen LogP contribution in [0.25, 0.3) is 5.57 Å². The molecule has 29 heavy (non-hydrogen) atoms. The summed E-state index contributed by atoms with van der Waals surface area (Å²) >= 11 is 8.20. The summed E-state index contributed by atoms with van der Waals surface area (Å²) in [7, 11) is 0. The number of carbonyl (C=O) groups is 1. The number of urea groups is 1. The molecule has 6 heteroatoms. The van der Waals surface area contributed by atoms with Crippen LogP contribution in [0.3, 0.4) is 0 Å². The van der Waals surface area contributed by atoms with Gasteiger partial charge in [-0.2, -0.15) is 0 Å². The number of halogens is 1. The molecule has 0 bridgehead atoms. The second-order valence-electron chi connectivity index (χ2n) is 7.78. The first-order valence-electron chi connectivity index (χ1n) is 10.2. The van der Waals surface area contributed by atoms with Crippen molar-refractivity contribution in [1.82, 2.24) is 15.1 Å². The fraction of sp³-hybridized carbons (Fsp3) is 0.348. The molecule has 2 fully saturated rings. The summed E-state index contributed by atoms with van der Waals surface area (Å²) in [4.78, 5) is 18.8. The lowest BCUT2D eigenvalue weighted by Crippen LogP contribution is -2.39. The van der Waals surface area contributed by atoms with Crippen LogP contribution in [0.5, 0.6) is 0 Å². The van der Waals surface area contributed by atoms with E-state index in [0.29, 0.717) is 0 Å². The van der Waals surface area contributed by atoms with Crippen LogP contribution in [0.2, 0.25) is 5.02 Å². The molecule has 3 aliphatic heterocycles. The Morgan fingerprint density at radius 3 is 2.55 bits per heavy atom. The molecule has 0 saturated carbocycles. The highest BCUT2D eigenvalue weighted by Gasteiger charge is 2.26. The van der Waals surface area contributed by atoms with Gasteiger partial charge in [0.1, 0.15) is 0 Å². The highest BCUT2D eigenvalue weighted by Crippen LogP contribution is 2.48. The molecule has 150 valence electrons. The van der Waals surface area contributed by atoms with Crippen molar-refractivity contribution >= 4 is 35.0 Å². The van der Waals surface area contributed by atoms with Crippen LogP contribution < -0.4 is 5.32 Å². The Labute approximate surface area is 180 Å². The van der Waals surface area contributed by atoms with E-state index in [-0.39, 0.29) is 6.03 Å². The van der Waals surface area contributed by atoms with E-state index in [1.54, 1.807) is 0 Å². The maximum atomic E-state index is 11.7. The van der Waals surface area contributed by atoms with Gasteiger partial charge < -0.3 is 15.1 Å². The second kappa shape index (κ2) is 8.05. The summed E-state index contributed by atoms with van der Waals surface area (Å²) in [6.07, 6.45) is 2.12. The molecule has 5 rings (SSSR count). The van der Waals surface area contributed by atoms with Crippen molar-refractivity contribution in [3.8, 4) is 0 Å². The van der Waals surface area contributed by atoms with E-state index in [4.69, 9.17) is 11.6 Å². The third kappa shape index (κ3) is 3.79. The fourth-order valence-electron chi connectivity index (χ4n) is 4.48. The predicted molar refractivity (Wildman–Crippen MR) is 119 cm³/mol. The van der Waals surface area contributed by atoms with E-state index in [2.05, 4.69) is 46.6 Å². The molecular weight excluding hydrogens is 402 g/mol. The van der Waals surface area contributed by atoms with E-state index in [1.165, 1.54) is 32.1 Å². The zero-order valence-electron chi connectivity index (χ0n) is 16.3. The molecule has 4 nitrogen and oxygen atoms in total. The Kier molecular flexibility index (Phi) is 5.29. The normalized spacial score (nSPS) is 19.2. The van der Waals surface area contributed by atoms with E-state index in [9.17, 15) is 4.79 Å². The van der Waals surface area contributed by atoms with Crippen LogP contribution in [0, 0.1) is 0 Å². The molecule has 0 spiro atoms. The first-order chi connectivity index (χ1) is 14.2. The minimum Gasteiger partial charge on any atom is -0.336 e. The molecular formula is C23H24ClN3OS. The van der Waals surface area contributed by atoms with Gasteiger partial charge >= 0.3 is 6.03 Å². The lowest BCUT2D eigenvalue weighted by molar-refractivity contribution is 0.197. The molecule has 3 heterocycles. The van der Waals surface area contributed by atoms with E-state index >= 15 is 0 Å². The van der Waals surface area contributed by atoms with Gasteiger partial charge in [-0.15, -0.1) is 0 Å². The van der Waals surface area contributed by atoms with Crippen LogP contribution in [0.1, 0.15) is 24.0 Å². The van der Waals surface area contributed by atoms with Gasteiger partial charge in [-0.1, -0.05) is 47.1 Å². The van der Waals surface area contributed by atoms with Gasteiger partial charge in [0.25, 0.3) is 0 Å². The number of fused-ring (bicyclic) bond motifs is 2. The first kappa shape index (κ1) is 19.0. The number of nitrogens with one attached hydrogen (secondary N) is 1. The van der Waals surface area contributed by atoms with Gasteiger partial charge in [-0.3, -0.25) is 0 Å². The van der Waals surface area contributed by atoms with Crippen LogP contribution >= 0.6 is 23.4 Å². The molecule has 0 aromatic heterocycles. The predicted octanol–water partition coefficient (Wildman–Crippen LogP) is 4.73. The van der Waals surface area contributed by atoms with E-state index < -0.39 is 0 Å². The monoisotopic (exact) mass is 425 g/mol. The second-order valence-corrected chi connectivity index (χ2v) is 9.30. The summed E-state index contributed by atoms with van der Waals surface area (Å²) in [6, 6.07) is 15.0. The molecule has 2 aromatic rings. The van der Waals surface area contributed by atoms with Gasteiger partial charge in [-0.25, -0.2) is 4.79 Å². The Hall–Kier alpha value is -1.95. The molecule has 0 atom stereocenters. The topological polar surface area (TPSA) is 35.6 Å². The SMILES string of the molecule is O=C1NCCN1CCN1CCC(=C2c3ccccc3Sc3ccc(Cl)cc32)CC1. The van der Waals surface area contributed by atoms with Crippen LogP contribution in [0.15, 0.2) is 57.8 Å². The molecule has 2 saturated heterocycles. The Balaban J connectivity index is 1.38. The van der Waals surface area contributed by atoms with E-state index in [1.807, 2.05) is 22.7 Å². The number of piperidine rings is 1. The third-order valence-corrected chi connectivity index (χ3v) is 7.42. The molecule has 1 N–H and O–H groups in total. The van der Waals surface area contributed by atoms with Gasteiger partial charge in [0.15, 0.2) is 0 Å². The maximum absolute atomic E-state index is 11.7. The molecule has 2 amide bonds. The zero-order chi connectivity index (χ0) is 19.8. The van der Waals surface area contributed by atoms with Crippen molar-refractivity contribution in [2.24, 2.45) is 0 Å². The summed E-state index contributed by atoms with van der Waals surface area (Å²) in [5.74, 6) is 0. The minimum atomic E-state index is 0.0783. The van der Waals surface area contributed by atoms with Gasteiger partial charge in [0, 0.05) is 54.1 Å². The molecule has 3 aliphatic rings. The standard InChI is InChI=1S/C23H24ClN3OS/c24-17-5-6-21-19(15-17)22(18-3-1-2-4-20(18)29-21)16-7-10-26(11-8-16)13-14-27-12-9-25-23(27)28/h1-6,15H,7-14H2,(H,25,28). The van der Waals surface area contributed by atoms with Gasteiger partial charge in [0.05, 0.1) is 0 Å². The number of hydrogen-bond acceptors (Lipinski definition) is 3. The smallest absolute Gasteiger partial charge is 0.317 e. The molecule has 2 aromatic carbocycles. The molecule has 0 aliphatic carbocycles. The number of carbonyl (C=O) groups excluding carboxylic acids is 1. The number of rotatable bonds is 3. The molecule has 0 unspecified atom stereocenters. The number of nitrogens with zero attached hydrogens (tertiary/aromatic N) is 2. The lowest BCUT2D eigenvalue weighted by atomic mass is 9.88. The maximum Gasteiger partial charge on any atom is 0.317 e. The van der Waals surface area contributed by atoms with Crippen molar-refractivity contribution in [2.75, 3.05) is 39.3 Å². The van der Waals surface area contributed by atoms with Crippen molar-refractivity contribution in [3.63, 3.8) is 0 Å². The highest BCUT2D eigenvalue weighted by atomic mass is 35.5. The summed E-state index contributed by atoms with van der Waals surface area (Å²) in [5, 5.41) is 3.67. The number of benzene rings is 2. The third-order valence-electron chi connectivity index (χ3n) is 6.03. The summed E-state index contributed by atoms with van der Waals surface area (Å²) in [5.41, 5.74) is 5.52. The minimum absolute atomic E-state index is 0.0783. The first-order valence-corrected chi connectivity index (χ1v) is 11.4. The van der Waals surface area contributed by atoms with Crippen molar-refractivity contribution in [1.29, 1.82) is 0 Å². The zero-order valence-corrected chi connectivity index (χ0v) is 17.9. The Morgan fingerprint density at radius 1 is 0.966 bits per heavy atom. The lowest BCUT2D eigenvalue weighted by Gasteiger charge is -2.32. The number of amides is 2. The summed E-state index contributed by atoms with van der Waals surface area (Å²) < 4.78 is 0. The van der Waals surface area contributed by atoms with Gasteiger partial charge in [-0.05, 0) is 53.8 Å². The van der Waals surface area contributed by atoms with Gasteiger partial charge in [0.2, 0.25) is 0 Å². The van der Waals surface area contributed by atoms with Crippen LogP contribution in [-0.2, 0) is 0 Å². The average Bonchev–Trinajstić information content (AvgIpc) is 3.16. The van der Waals surface area contributed by atoms with Crippen molar-refractivity contribution in [2.45, 2.75) is 22.6 Å². The Morgan fingerprint density at radius 2 is 1.76 bits per heavy atom. The average molecular weight is 426 g/mol.